The molecule has 0 aliphatic heterocycles. The first-order valence-electron chi connectivity index (χ1n) is 14.2. The second kappa shape index (κ2) is 11.1. The van der Waals surface area contributed by atoms with Gasteiger partial charge in [-0.05, 0) is 103 Å². The van der Waals surface area contributed by atoms with Gasteiger partial charge in [0.15, 0.2) is 17.4 Å². The van der Waals surface area contributed by atoms with E-state index < -0.39 is 29.0 Å². The van der Waals surface area contributed by atoms with Crippen LogP contribution in [0, 0.1) is 40.5 Å². The fraction of sp³-hybridized carbons (Fsp3) is 0.394. The van der Waals surface area contributed by atoms with Crippen molar-refractivity contribution in [3.05, 3.63) is 88.0 Å². The molecule has 3 aromatic carbocycles. The minimum atomic E-state index is -1.60. The standard InChI is InChI=1S/C33H32F4N2O3/c1-33-12-11-23-22-7-5-21(40)14-19(22)4-6-24(23)25(33)8-10-29(33)39-38-16-18-3-9-28(41-2)20(13-18)17-42-32-30(36)26(34)15-27(35)31(32)37/h3,5,7,9,13-16,23-25,40H,4,6,8,10-12,17H2,1-2H3/t23-,24-,25-,33-/m1/s1. The Morgan fingerprint density at radius 1 is 0.976 bits per heavy atom. The van der Waals surface area contributed by atoms with Gasteiger partial charge in [-0.1, -0.05) is 13.0 Å². The first-order chi connectivity index (χ1) is 20.2. The second-order valence-corrected chi connectivity index (χ2v) is 11.7. The fourth-order valence-corrected chi connectivity index (χ4v) is 7.51. The smallest absolute Gasteiger partial charge is 0.203 e. The van der Waals surface area contributed by atoms with E-state index in [4.69, 9.17) is 9.47 Å². The maximum atomic E-state index is 14.1. The molecule has 0 heterocycles. The van der Waals surface area contributed by atoms with Crippen molar-refractivity contribution >= 4 is 11.9 Å². The highest BCUT2D eigenvalue weighted by Crippen LogP contribution is 2.60. The molecule has 2 saturated carbocycles. The van der Waals surface area contributed by atoms with Gasteiger partial charge >= 0.3 is 0 Å². The van der Waals surface area contributed by atoms with E-state index in [1.165, 1.54) is 18.2 Å². The molecule has 1 N–H and O–H groups in total. The lowest BCUT2D eigenvalue weighted by Gasteiger charge is -2.49. The number of hydrogen-bond donors (Lipinski definition) is 1. The highest BCUT2D eigenvalue weighted by molar-refractivity contribution is 5.93. The van der Waals surface area contributed by atoms with Crippen LogP contribution in [0.1, 0.15) is 67.2 Å². The fourth-order valence-electron chi connectivity index (χ4n) is 7.51. The average Bonchev–Trinajstić information content (AvgIpc) is 3.32. The van der Waals surface area contributed by atoms with E-state index >= 15 is 0 Å². The van der Waals surface area contributed by atoms with E-state index in [9.17, 15) is 22.7 Å². The largest absolute Gasteiger partial charge is 0.508 e. The Balaban J connectivity index is 1.18. The van der Waals surface area contributed by atoms with Crippen molar-refractivity contribution in [2.45, 2.75) is 58.0 Å². The second-order valence-electron chi connectivity index (χ2n) is 11.7. The highest BCUT2D eigenvalue weighted by Gasteiger charge is 2.53. The number of hydrogen-bond acceptors (Lipinski definition) is 5. The van der Waals surface area contributed by atoms with Crippen LogP contribution in [0.15, 0.2) is 52.7 Å². The third kappa shape index (κ3) is 4.92. The number of ether oxygens (including phenoxy) is 2. The van der Waals surface area contributed by atoms with Crippen molar-refractivity contribution in [3.63, 3.8) is 0 Å². The van der Waals surface area contributed by atoms with Crippen LogP contribution in [-0.4, -0.2) is 24.1 Å². The van der Waals surface area contributed by atoms with E-state index in [0.29, 0.717) is 40.4 Å². The number of aromatic hydroxyl groups is 1. The number of halogens is 4. The van der Waals surface area contributed by atoms with Crippen molar-refractivity contribution in [1.29, 1.82) is 0 Å². The summed E-state index contributed by atoms with van der Waals surface area (Å²) < 4.78 is 65.8. The van der Waals surface area contributed by atoms with Crippen LogP contribution < -0.4 is 9.47 Å². The molecule has 0 unspecified atom stereocenters. The van der Waals surface area contributed by atoms with Crippen LogP contribution in [0.4, 0.5) is 17.6 Å². The summed E-state index contributed by atoms with van der Waals surface area (Å²) in [5.41, 5.74) is 4.83. The van der Waals surface area contributed by atoms with Gasteiger partial charge < -0.3 is 14.6 Å². The lowest BCUT2D eigenvalue weighted by Crippen LogP contribution is -2.42. The van der Waals surface area contributed by atoms with Gasteiger partial charge in [0.05, 0.1) is 13.3 Å². The molecule has 0 radical (unpaired) electrons. The predicted octanol–water partition coefficient (Wildman–Crippen LogP) is 7.87. The van der Waals surface area contributed by atoms with E-state index in [1.54, 1.807) is 30.5 Å². The van der Waals surface area contributed by atoms with Crippen molar-refractivity contribution in [2.24, 2.45) is 27.5 Å². The minimum absolute atomic E-state index is 0.0137. The summed E-state index contributed by atoms with van der Waals surface area (Å²) in [7, 11) is 1.43. The summed E-state index contributed by atoms with van der Waals surface area (Å²) in [6.45, 7) is 1.93. The van der Waals surface area contributed by atoms with Gasteiger partial charge in [0, 0.05) is 22.8 Å². The molecule has 220 valence electrons. The number of benzene rings is 3. The van der Waals surface area contributed by atoms with Gasteiger partial charge in [0.1, 0.15) is 18.1 Å². The molecule has 6 rings (SSSR count). The minimum Gasteiger partial charge on any atom is -0.508 e. The Kier molecular flexibility index (Phi) is 7.45. The van der Waals surface area contributed by atoms with E-state index in [1.807, 2.05) is 6.07 Å². The summed E-state index contributed by atoms with van der Waals surface area (Å²) in [5.74, 6) is -5.06. The molecule has 3 aromatic rings. The van der Waals surface area contributed by atoms with Crippen LogP contribution in [0.25, 0.3) is 0 Å². The molecule has 9 heteroatoms. The number of aryl methyl sites for hydroxylation is 1. The van der Waals surface area contributed by atoms with E-state index in [0.717, 1.165) is 44.2 Å². The molecule has 42 heavy (non-hydrogen) atoms. The monoisotopic (exact) mass is 580 g/mol. The van der Waals surface area contributed by atoms with Crippen LogP contribution in [0.2, 0.25) is 0 Å². The van der Waals surface area contributed by atoms with Gasteiger partial charge in [-0.2, -0.15) is 19.0 Å². The van der Waals surface area contributed by atoms with Crippen molar-refractivity contribution in [3.8, 4) is 17.2 Å². The third-order valence-electron chi connectivity index (χ3n) is 9.58. The lowest BCUT2D eigenvalue weighted by molar-refractivity contribution is 0.0955. The molecule has 4 atom stereocenters. The Morgan fingerprint density at radius 2 is 1.76 bits per heavy atom. The normalized spacial score (nSPS) is 25.8. The molecule has 0 saturated heterocycles. The Morgan fingerprint density at radius 3 is 2.52 bits per heavy atom. The van der Waals surface area contributed by atoms with Crippen molar-refractivity contribution in [1.82, 2.24) is 0 Å². The van der Waals surface area contributed by atoms with Gasteiger partial charge in [0.2, 0.25) is 11.6 Å². The number of fused-ring (bicyclic) bond motifs is 5. The Labute approximate surface area is 241 Å². The molecular formula is C33H32F4N2O3. The van der Waals surface area contributed by atoms with E-state index in [-0.39, 0.29) is 18.1 Å². The number of phenolic OH excluding ortho intramolecular Hbond substituents is 1. The molecule has 5 nitrogen and oxygen atoms in total. The lowest BCUT2D eigenvalue weighted by atomic mass is 9.55. The van der Waals surface area contributed by atoms with Crippen LogP contribution in [-0.2, 0) is 13.0 Å². The Hall–Kier alpha value is -3.88. The van der Waals surface area contributed by atoms with Crippen molar-refractivity contribution < 1.29 is 32.1 Å². The highest BCUT2D eigenvalue weighted by atomic mass is 19.2. The molecule has 0 bridgehead atoms. The topological polar surface area (TPSA) is 63.4 Å². The molecule has 3 aliphatic rings. The number of rotatable bonds is 6. The molecule has 2 fully saturated rings. The van der Waals surface area contributed by atoms with Crippen LogP contribution >= 0.6 is 0 Å². The van der Waals surface area contributed by atoms with E-state index in [2.05, 4.69) is 23.2 Å². The maximum absolute atomic E-state index is 14.1. The number of methoxy groups -OCH3 is 1. The van der Waals surface area contributed by atoms with Gasteiger partial charge in [-0.3, -0.25) is 0 Å². The van der Waals surface area contributed by atoms with Gasteiger partial charge in [-0.25, -0.2) is 8.78 Å². The molecule has 0 amide bonds. The zero-order chi connectivity index (χ0) is 29.6. The first kappa shape index (κ1) is 28.2. The summed E-state index contributed by atoms with van der Waals surface area (Å²) in [6, 6.07) is 11.0. The SMILES string of the molecule is COc1ccc(C=NN=C2CC[C@@H]3[C@@H]4CCc5cc(O)ccc5[C@H]4CC[C@@]23C)cc1COc1c(F)c(F)cc(F)c1F. The van der Waals surface area contributed by atoms with Crippen LogP contribution in [0.3, 0.4) is 0 Å². The zero-order valence-corrected chi connectivity index (χ0v) is 23.5. The van der Waals surface area contributed by atoms with Crippen molar-refractivity contribution in [2.75, 3.05) is 7.11 Å². The molecule has 0 aromatic heterocycles. The molecule has 3 aliphatic carbocycles. The zero-order valence-electron chi connectivity index (χ0n) is 23.5. The Bertz CT molecular complexity index is 1560. The first-order valence-corrected chi connectivity index (χ1v) is 14.2. The summed E-state index contributed by atoms with van der Waals surface area (Å²) in [6.07, 6.45) is 7.79. The quantitative estimate of drug-likeness (QED) is 0.140. The predicted molar refractivity (Wildman–Crippen MR) is 151 cm³/mol. The molecular weight excluding hydrogens is 548 g/mol. The number of phenols is 1. The van der Waals surface area contributed by atoms with Gasteiger partial charge in [-0.15, -0.1) is 0 Å². The number of nitrogens with zero attached hydrogens (tertiary/aromatic N) is 2. The summed E-state index contributed by atoms with van der Waals surface area (Å²) >= 11 is 0. The summed E-state index contributed by atoms with van der Waals surface area (Å²) in [4.78, 5) is 0. The maximum Gasteiger partial charge on any atom is 0.203 e. The average molecular weight is 581 g/mol. The molecule has 0 spiro atoms. The third-order valence-corrected chi connectivity index (χ3v) is 9.58. The van der Waals surface area contributed by atoms with Crippen LogP contribution in [0.5, 0.6) is 17.2 Å². The summed E-state index contributed by atoms with van der Waals surface area (Å²) in [5, 5.41) is 19.0. The van der Waals surface area contributed by atoms with Gasteiger partial charge in [0.25, 0.3) is 0 Å².